The van der Waals surface area contributed by atoms with Crippen LogP contribution in [0.4, 0.5) is 0 Å². The lowest BCUT2D eigenvalue weighted by atomic mass is 9.96. The molecule has 576 valence electrons. The van der Waals surface area contributed by atoms with E-state index >= 15 is 0 Å². The Hall–Kier alpha value is -2.77. The fraction of sp³-hybridized carbons (Fsp3) is 0.838. The van der Waals surface area contributed by atoms with E-state index < -0.39 is 124 Å². The third kappa shape index (κ3) is 40.9. The Labute approximate surface area is 598 Å². The Morgan fingerprint density at radius 3 is 1.13 bits per heavy atom. The molecule has 12 N–H and O–H groups in total. The minimum atomic E-state index is -1.98. The molecule has 0 radical (unpaired) electrons. The zero-order valence-electron chi connectivity index (χ0n) is 61.5. The summed E-state index contributed by atoms with van der Waals surface area (Å²) in [7, 11) is 0. The van der Waals surface area contributed by atoms with E-state index in [0.29, 0.717) is 12.8 Å². The molecule has 17 atom stereocenters. The molecule has 3 saturated heterocycles. The van der Waals surface area contributed by atoms with Crippen LogP contribution in [-0.2, 0) is 33.2 Å². The predicted octanol–water partition coefficient (Wildman–Crippen LogP) is 12.8. The molecule has 0 bridgehead atoms. The van der Waals surface area contributed by atoms with Crippen LogP contribution in [-0.4, -0.2) is 193 Å². The van der Waals surface area contributed by atoms with E-state index in [4.69, 9.17) is 28.4 Å². The molecule has 0 saturated carbocycles. The van der Waals surface area contributed by atoms with Gasteiger partial charge >= 0.3 is 0 Å². The first-order valence-corrected chi connectivity index (χ1v) is 39.7. The smallest absolute Gasteiger partial charge is 0.220 e. The van der Waals surface area contributed by atoms with Crippen molar-refractivity contribution in [3.63, 3.8) is 0 Å². The molecular weight excluding hydrogens is 1260 g/mol. The average molecular weight is 1410 g/mol. The molecule has 19 nitrogen and oxygen atoms in total. The van der Waals surface area contributed by atoms with Gasteiger partial charge in [-0.2, -0.15) is 0 Å². The number of amides is 1. The molecule has 3 rings (SSSR count). The van der Waals surface area contributed by atoms with Gasteiger partial charge in [-0.05, 0) is 70.6 Å². The SMILES string of the molecule is CC/C=C\C/C=C\C/C=C\C/C=C\CCCCCCCCCCCCCCCCCCCCC(=O)NC(COC1OC(CO)C(OC2OC(CO)C(OC3OC(CO)C(O)C(O)C3O)C(O)C2O)C(O)C1O)C(O)/C=C/CC/C=C/CCCCCCCCCCCCCCCCCCC. The van der Waals surface area contributed by atoms with Gasteiger partial charge in [0.25, 0.3) is 0 Å². The molecule has 0 aromatic heterocycles. The molecule has 3 aliphatic rings. The molecule has 3 fully saturated rings. The van der Waals surface area contributed by atoms with E-state index in [1.807, 2.05) is 6.08 Å². The minimum Gasteiger partial charge on any atom is -0.394 e. The number of rotatable bonds is 62. The maximum absolute atomic E-state index is 13.5. The van der Waals surface area contributed by atoms with Gasteiger partial charge < -0.3 is 89.9 Å². The highest BCUT2D eigenvalue weighted by atomic mass is 16.8. The zero-order chi connectivity index (χ0) is 71.8. The highest BCUT2D eigenvalue weighted by Gasteiger charge is 2.53. The molecular formula is C80H143NO18. The second kappa shape index (κ2) is 60.5. The van der Waals surface area contributed by atoms with Gasteiger partial charge in [0.15, 0.2) is 18.9 Å². The normalized spacial score (nSPS) is 27.0. The molecule has 1 amide bonds. The van der Waals surface area contributed by atoms with Crippen molar-refractivity contribution < 1.29 is 89.4 Å². The largest absolute Gasteiger partial charge is 0.394 e. The molecule has 19 heteroatoms. The van der Waals surface area contributed by atoms with E-state index in [1.165, 1.54) is 199 Å². The summed E-state index contributed by atoms with van der Waals surface area (Å²) in [4.78, 5) is 13.5. The van der Waals surface area contributed by atoms with E-state index in [1.54, 1.807) is 6.08 Å². The molecule has 0 spiro atoms. The number of aliphatic hydroxyl groups is 11. The first kappa shape index (κ1) is 90.4. The van der Waals surface area contributed by atoms with Gasteiger partial charge in [-0.1, -0.05) is 292 Å². The van der Waals surface area contributed by atoms with Crippen molar-refractivity contribution in [2.75, 3.05) is 26.4 Å². The Balaban J connectivity index is 1.38. The fourth-order valence-electron chi connectivity index (χ4n) is 13.1. The first-order chi connectivity index (χ1) is 48.3. The van der Waals surface area contributed by atoms with E-state index in [-0.39, 0.29) is 18.9 Å². The molecule has 0 aromatic carbocycles. The molecule has 0 aliphatic carbocycles. The van der Waals surface area contributed by atoms with Gasteiger partial charge in [0.2, 0.25) is 5.91 Å². The number of allylic oxidation sites excluding steroid dienone is 11. The van der Waals surface area contributed by atoms with Crippen molar-refractivity contribution in [3.05, 3.63) is 72.9 Å². The quantitative estimate of drug-likeness (QED) is 0.0199. The van der Waals surface area contributed by atoms with Crippen LogP contribution in [0.15, 0.2) is 72.9 Å². The molecule has 0 aromatic rings. The van der Waals surface area contributed by atoms with Crippen LogP contribution in [0.3, 0.4) is 0 Å². The first-order valence-electron chi connectivity index (χ1n) is 39.7. The lowest BCUT2D eigenvalue weighted by Crippen LogP contribution is -2.66. The number of carbonyl (C=O) groups is 1. The Morgan fingerprint density at radius 1 is 0.374 bits per heavy atom. The van der Waals surface area contributed by atoms with Crippen molar-refractivity contribution in [2.45, 2.75) is 401 Å². The summed E-state index contributed by atoms with van der Waals surface area (Å²) in [6, 6.07) is -0.993. The topological polar surface area (TPSA) is 307 Å². The second-order valence-electron chi connectivity index (χ2n) is 28.1. The summed E-state index contributed by atoms with van der Waals surface area (Å²) in [5.41, 5.74) is 0. The highest BCUT2D eigenvalue weighted by Crippen LogP contribution is 2.33. The van der Waals surface area contributed by atoms with Crippen LogP contribution in [0, 0.1) is 0 Å². The van der Waals surface area contributed by atoms with Gasteiger partial charge in [0.05, 0.1) is 38.6 Å². The van der Waals surface area contributed by atoms with E-state index in [0.717, 1.165) is 64.2 Å². The van der Waals surface area contributed by atoms with E-state index in [9.17, 15) is 61.0 Å². The Kier molecular flexibility index (Phi) is 55.3. The summed E-state index contributed by atoms with van der Waals surface area (Å²) in [5.74, 6) is -0.283. The van der Waals surface area contributed by atoms with Gasteiger partial charge in [0, 0.05) is 6.42 Å². The summed E-state index contributed by atoms with van der Waals surface area (Å²) >= 11 is 0. The van der Waals surface area contributed by atoms with Crippen molar-refractivity contribution in [1.82, 2.24) is 5.32 Å². The minimum absolute atomic E-state index is 0.235. The number of nitrogens with one attached hydrogen (secondary N) is 1. The number of hydrogen-bond donors (Lipinski definition) is 12. The van der Waals surface area contributed by atoms with Crippen LogP contribution >= 0.6 is 0 Å². The average Bonchev–Trinajstić information content (AvgIpc) is 0.577. The second-order valence-corrected chi connectivity index (χ2v) is 28.1. The van der Waals surface area contributed by atoms with Gasteiger partial charge in [-0.3, -0.25) is 4.79 Å². The maximum Gasteiger partial charge on any atom is 0.220 e. The number of ether oxygens (including phenoxy) is 6. The van der Waals surface area contributed by atoms with Crippen molar-refractivity contribution >= 4 is 5.91 Å². The third-order valence-corrected chi connectivity index (χ3v) is 19.5. The molecule has 17 unspecified atom stereocenters. The Morgan fingerprint density at radius 2 is 0.707 bits per heavy atom. The van der Waals surface area contributed by atoms with Crippen LogP contribution in [0.2, 0.25) is 0 Å². The van der Waals surface area contributed by atoms with Gasteiger partial charge in [0.1, 0.15) is 73.2 Å². The number of carbonyl (C=O) groups excluding carboxylic acids is 1. The summed E-state index contributed by atoms with van der Waals surface area (Å²) in [5, 5.41) is 121. The molecule has 3 aliphatic heterocycles. The number of aliphatic hydroxyl groups excluding tert-OH is 11. The van der Waals surface area contributed by atoms with Gasteiger partial charge in [-0.15, -0.1) is 0 Å². The molecule has 99 heavy (non-hydrogen) atoms. The summed E-state index contributed by atoms with van der Waals surface area (Å²) in [6.45, 7) is 1.64. The highest BCUT2D eigenvalue weighted by molar-refractivity contribution is 5.76. The Bertz CT molecular complexity index is 2070. The third-order valence-electron chi connectivity index (χ3n) is 19.5. The van der Waals surface area contributed by atoms with Crippen molar-refractivity contribution in [3.8, 4) is 0 Å². The number of unbranched alkanes of at least 4 members (excludes halogenated alkanes) is 36. The summed E-state index contributed by atoms with van der Waals surface area (Å²) < 4.78 is 34.4. The molecule has 3 heterocycles. The van der Waals surface area contributed by atoms with Gasteiger partial charge in [-0.25, -0.2) is 0 Å². The lowest BCUT2D eigenvalue weighted by Gasteiger charge is -2.48. The van der Waals surface area contributed by atoms with Crippen LogP contribution in [0.1, 0.15) is 296 Å². The van der Waals surface area contributed by atoms with E-state index in [2.05, 4.69) is 79.9 Å². The fourth-order valence-corrected chi connectivity index (χ4v) is 13.1. The van der Waals surface area contributed by atoms with Crippen LogP contribution in [0.25, 0.3) is 0 Å². The monoisotopic (exact) mass is 1410 g/mol. The predicted molar refractivity (Wildman–Crippen MR) is 392 cm³/mol. The lowest BCUT2D eigenvalue weighted by molar-refractivity contribution is -0.379. The number of hydrogen-bond acceptors (Lipinski definition) is 18. The standard InChI is InChI=1S/C80H143NO18/c1-3-5-7-9-11-13-15-17-19-21-23-25-27-28-29-30-31-32-33-34-36-38-40-42-44-46-48-50-52-54-56-58-68(86)81-63(64(85)57-55-53-51-49-47-45-43-41-39-37-35-26-24-22-20-18-16-14-12-10-8-6-4-2)62-94-78-74(92)71(89)76(66(60-83)96-78)99-80-75(93)72(90)77(67(61-84)97-80)98-79-73(91)70(88)69(87)65(59-82)95-79/h5,7,11,13,17,19,23,25,47,49,55,57,63-67,69-80,82-85,87-93H,3-4,6,8-10,12,14-16,18,20-22,24,26-46,48,50-54,56,58-62H2,1-2H3,(H,81,86)/b7-5-,13-11-,19-17-,25-23-,49-47+,57-55+. The maximum atomic E-state index is 13.5. The van der Waals surface area contributed by atoms with Crippen molar-refractivity contribution in [2.24, 2.45) is 0 Å². The van der Waals surface area contributed by atoms with Crippen molar-refractivity contribution in [1.29, 1.82) is 0 Å². The summed E-state index contributed by atoms with van der Waals surface area (Å²) in [6.07, 6.45) is 51.7. The van der Waals surface area contributed by atoms with Crippen LogP contribution in [0.5, 0.6) is 0 Å². The van der Waals surface area contributed by atoms with Crippen LogP contribution < -0.4 is 5.32 Å². The zero-order valence-corrected chi connectivity index (χ0v) is 61.5.